The SMILES string of the molecule is O=C(O)N1CCN(C(=O)CCc2cccnc2)CC1. The zero-order valence-electron chi connectivity index (χ0n) is 10.7. The summed E-state index contributed by atoms with van der Waals surface area (Å²) in [5, 5.41) is 8.83. The highest BCUT2D eigenvalue weighted by atomic mass is 16.4. The van der Waals surface area contributed by atoms with Crippen LogP contribution in [0.2, 0.25) is 0 Å². The van der Waals surface area contributed by atoms with Crippen molar-refractivity contribution in [2.24, 2.45) is 0 Å². The molecule has 1 fully saturated rings. The molecule has 0 spiro atoms. The number of amides is 2. The van der Waals surface area contributed by atoms with Crippen LogP contribution < -0.4 is 0 Å². The normalized spacial score (nSPS) is 15.4. The Balaban J connectivity index is 1.77. The Bertz CT molecular complexity index is 442. The van der Waals surface area contributed by atoms with Crippen molar-refractivity contribution in [3.05, 3.63) is 30.1 Å². The average molecular weight is 263 g/mol. The first-order valence-electron chi connectivity index (χ1n) is 6.31. The van der Waals surface area contributed by atoms with Gasteiger partial charge in [0.15, 0.2) is 0 Å². The second-order valence-corrected chi connectivity index (χ2v) is 4.51. The van der Waals surface area contributed by atoms with E-state index in [-0.39, 0.29) is 5.91 Å². The van der Waals surface area contributed by atoms with Crippen LogP contribution in [0.5, 0.6) is 0 Å². The predicted molar refractivity (Wildman–Crippen MR) is 68.7 cm³/mol. The van der Waals surface area contributed by atoms with Crippen LogP contribution >= 0.6 is 0 Å². The molecule has 19 heavy (non-hydrogen) atoms. The standard InChI is InChI=1S/C13H17N3O3/c17-12(4-3-11-2-1-5-14-10-11)15-6-8-16(9-7-15)13(18)19/h1-2,5,10H,3-4,6-9H2,(H,18,19). The highest BCUT2D eigenvalue weighted by Gasteiger charge is 2.23. The van der Waals surface area contributed by atoms with Gasteiger partial charge in [0.2, 0.25) is 5.91 Å². The van der Waals surface area contributed by atoms with Gasteiger partial charge < -0.3 is 14.9 Å². The molecule has 2 heterocycles. The zero-order valence-corrected chi connectivity index (χ0v) is 10.7. The minimum atomic E-state index is -0.914. The van der Waals surface area contributed by atoms with Crippen LogP contribution in [-0.4, -0.2) is 58.1 Å². The summed E-state index contributed by atoms with van der Waals surface area (Å²) in [6.45, 7) is 1.76. The quantitative estimate of drug-likeness (QED) is 0.876. The fourth-order valence-electron chi connectivity index (χ4n) is 2.10. The number of aryl methyl sites for hydroxylation is 1. The molecule has 0 saturated carbocycles. The van der Waals surface area contributed by atoms with Gasteiger partial charge in [0.1, 0.15) is 0 Å². The Kier molecular flexibility index (Phi) is 4.33. The number of pyridine rings is 1. The number of piperazine rings is 1. The van der Waals surface area contributed by atoms with Gasteiger partial charge in [-0.3, -0.25) is 9.78 Å². The van der Waals surface area contributed by atoms with E-state index in [4.69, 9.17) is 5.11 Å². The first-order valence-corrected chi connectivity index (χ1v) is 6.31. The number of carbonyl (C=O) groups excluding carboxylic acids is 1. The summed E-state index contributed by atoms with van der Waals surface area (Å²) < 4.78 is 0. The molecular formula is C13H17N3O3. The lowest BCUT2D eigenvalue weighted by Gasteiger charge is -2.33. The third-order valence-corrected chi connectivity index (χ3v) is 3.25. The van der Waals surface area contributed by atoms with Crippen molar-refractivity contribution in [2.75, 3.05) is 26.2 Å². The molecule has 0 atom stereocenters. The molecule has 6 nitrogen and oxygen atoms in total. The molecule has 0 unspecified atom stereocenters. The highest BCUT2D eigenvalue weighted by Crippen LogP contribution is 2.07. The summed E-state index contributed by atoms with van der Waals surface area (Å²) in [6.07, 6.45) is 3.67. The summed E-state index contributed by atoms with van der Waals surface area (Å²) in [7, 11) is 0. The Morgan fingerprint density at radius 1 is 1.21 bits per heavy atom. The van der Waals surface area contributed by atoms with E-state index < -0.39 is 6.09 Å². The van der Waals surface area contributed by atoms with Crippen molar-refractivity contribution < 1.29 is 14.7 Å². The highest BCUT2D eigenvalue weighted by molar-refractivity contribution is 5.77. The Hall–Kier alpha value is -2.11. The number of carbonyl (C=O) groups is 2. The van der Waals surface area contributed by atoms with Gasteiger partial charge in [-0.25, -0.2) is 4.79 Å². The number of aromatic nitrogens is 1. The van der Waals surface area contributed by atoms with Gasteiger partial charge in [-0.1, -0.05) is 6.07 Å². The molecule has 1 aromatic heterocycles. The van der Waals surface area contributed by atoms with E-state index >= 15 is 0 Å². The fraction of sp³-hybridized carbons (Fsp3) is 0.462. The molecule has 2 amide bonds. The largest absolute Gasteiger partial charge is 0.465 e. The molecule has 102 valence electrons. The predicted octanol–water partition coefficient (Wildman–Crippen LogP) is 0.836. The second kappa shape index (κ2) is 6.17. The molecule has 6 heteroatoms. The van der Waals surface area contributed by atoms with Crippen LogP contribution in [0.15, 0.2) is 24.5 Å². The van der Waals surface area contributed by atoms with E-state index in [9.17, 15) is 9.59 Å². The first kappa shape index (κ1) is 13.3. The second-order valence-electron chi connectivity index (χ2n) is 4.51. The summed E-state index contributed by atoms with van der Waals surface area (Å²) >= 11 is 0. The van der Waals surface area contributed by atoms with Gasteiger partial charge in [0, 0.05) is 45.0 Å². The Morgan fingerprint density at radius 3 is 2.47 bits per heavy atom. The van der Waals surface area contributed by atoms with Crippen LogP contribution in [-0.2, 0) is 11.2 Å². The van der Waals surface area contributed by atoms with Gasteiger partial charge >= 0.3 is 6.09 Å². The van der Waals surface area contributed by atoms with Gasteiger partial charge in [0.05, 0.1) is 0 Å². The summed E-state index contributed by atoms with van der Waals surface area (Å²) in [5.74, 6) is 0.0777. The van der Waals surface area contributed by atoms with Crippen molar-refractivity contribution in [3.8, 4) is 0 Å². The van der Waals surface area contributed by atoms with Crippen molar-refractivity contribution in [1.29, 1.82) is 0 Å². The maximum absolute atomic E-state index is 12.0. The minimum absolute atomic E-state index is 0.0777. The van der Waals surface area contributed by atoms with E-state index in [1.54, 1.807) is 17.3 Å². The topological polar surface area (TPSA) is 73.7 Å². The molecule has 0 radical (unpaired) electrons. The van der Waals surface area contributed by atoms with Crippen molar-refractivity contribution >= 4 is 12.0 Å². The first-order chi connectivity index (χ1) is 9.16. The van der Waals surface area contributed by atoms with Crippen molar-refractivity contribution in [1.82, 2.24) is 14.8 Å². The summed E-state index contributed by atoms with van der Waals surface area (Å²) in [5.41, 5.74) is 1.04. The maximum Gasteiger partial charge on any atom is 0.407 e. The molecule has 0 bridgehead atoms. The van der Waals surface area contributed by atoms with E-state index in [0.29, 0.717) is 39.0 Å². The van der Waals surface area contributed by atoms with Crippen LogP contribution in [0.4, 0.5) is 4.79 Å². The molecule has 1 aliphatic rings. The molecule has 1 saturated heterocycles. The smallest absolute Gasteiger partial charge is 0.407 e. The fourth-order valence-corrected chi connectivity index (χ4v) is 2.10. The number of hydrogen-bond acceptors (Lipinski definition) is 3. The van der Waals surface area contributed by atoms with E-state index in [2.05, 4.69) is 4.98 Å². The van der Waals surface area contributed by atoms with Crippen LogP contribution in [0.3, 0.4) is 0 Å². The van der Waals surface area contributed by atoms with Gasteiger partial charge in [0.25, 0.3) is 0 Å². The molecule has 0 aromatic carbocycles. The van der Waals surface area contributed by atoms with Crippen molar-refractivity contribution in [2.45, 2.75) is 12.8 Å². The van der Waals surface area contributed by atoms with E-state index in [1.807, 2.05) is 12.1 Å². The van der Waals surface area contributed by atoms with Crippen LogP contribution in [0.25, 0.3) is 0 Å². The average Bonchev–Trinajstić information content (AvgIpc) is 2.46. The summed E-state index contributed by atoms with van der Waals surface area (Å²) in [4.78, 5) is 29.8. The molecule has 1 N–H and O–H groups in total. The molecule has 1 aromatic rings. The van der Waals surface area contributed by atoms with Crippen LogP contribution in [0, 0.1) is 0 Å². The molecule has 1 aliphatic heterocycles. The lowest BCUT2D eigenvalue weighted by molar-refractivity contribution is -0.132. The lowest BCUT2D eigenvalue weighted by Crippen LogP contribution is -2.50. The molecule has 2 rings (SSSR count). The Morgan fingerprint density at radius 2 is 1.89 bits per heavy atom. The maximum atomic E-state index is 12.0. The van der Waals surface area contributed by atoms with E-state index in [1.165, 1.54) is 4.90 Å². The van der Waals surface area contributed by atoms with Gasteiger partial charge in [-0.2, -0.15) is 0 Å². The minimum Gasteiger partial charge on any atom is -0.465 e. The number of rotatable bonds is 3. The third kappa shape index (κ3) is 3.67. The van der Waals surface area contributed by atoms with E-state index in [0.717, 1.165) is 5.56 Å². The summed E-state index contributed by atoms with van der Waals surface area (Å²) in [6, 6.07) is 3.80. The third-order valence-electron chi connectivity index (χ3n) is 3.25. The Labute approximate surface area is 111 Å². The number of nitrogens with zero attached hydrogens (tertiary/aromatic N) is 3. The molecular weight excluding hydrogens is 246 g/mol. The number of hydrogen-bond donors (Lipinski definition) is 1. The van der Waals surface area contributed by atoms with Gasteiger partial charge in [-0.05, 0) is 18.1 Å². The van der Waals surface area contributed by atoms with Crippen LogP contribution in [0.1, 0.15) is 12.0 Å². The monoisotopic (exact) mass is 263 g/mol. The zero-order chi connectivity index (χ0) is 13.7. The molecule has 0 aliphatic carbocycles. The number of carboxylic acid groups (broad SMARTS) is 1. The van der Waals surface area contributed by atoms with Crippen molar-refractivity contribution in [3.63, 3.8) is 0 Å². The lowest BCUT2D eigenvalue weighted by atomic mass is 10.1. The van der Waals surface area contributed by atoms with Gasteiger partial charge in [-0.15, -0.1) is 0 Å².